The topological polar surface area (TPSA) is 97.0 Å². The molecule has 0 radical (unpaired) electrons. The number of halogens is 3. The highest BCUT2D eigenvalue weighted by atomic mass is 32.2. The van der Waals surface area contributed by atoms with E-state index in [1.54, 1.807) is 6.08 Å². The Morgan fingerprint density at radius 3 is 2.00 bits per heavy atom. The third-order valence-corrected chi connectivity index (χ3v) is 6.73. The van der Waals surface area contributed by atoms with Crippen molar-refractivity contribution >= 4 is 21.8 Å². The molecule has 0 aliphatic rings. The molecule has 1 atom stereocenters. The monoisotopic (exact) mass is 536 g/mol. The third kappa shape index (κ3) is 5.74. The summed E-state index contributed by atoms with van der Waals surface area (Å²) in [7, 11) is -2.00. The van der Waals surface area contributed by atoms with E-state index in [9.17, 15) is 32.4 Å². The van der Waals surface area contributed by atoms with E-state index >= 15 is 0 Å². The van der Waals surface area contributed by atoms with E-state index in [1.807, 2.05) is 33.8 Å². The van der Waals surface area contributed by atoms with Crippen LogP contribution in [0, 0.1) is 0 Å². The van der Waals surface area contributed by atoms with E-state index in [1.165, 1.54) is 19.2 Å². The van der Waals surface area contributed by atoms with Crippen molar-refractivity contribution in [1.29, 1.82) is 0 Å². The van der Waals surface area contributed by atoms with Gasteiger partial charge in [-0.15, -0.1) is 0 Å². The summed E-state index contributed by atoms with van der Waals surface area (Å²) in [6, 6.07) is 4.49. The smallest absolute Gasteiger partial charge is 0.475 e. The number of phenols is 2. The van der Waals surface area contributed by atoms with Gasteiger partial charge >= 0.3 is 5.51 Å². The van der Waals surface area contributed by atoms with Crippen LogP contribution >= 0.6 is 0 Å². The first-order valence-electron chi connectivity index (χ1n) is 11.2. The van der Waals surface area contributed by atoms with Crippen LogP contribution in [0.25, 0.3) is 22.3 Å². The maximum Gasteiger partial charge on any atom is 0.475 e. The molecule has 0 aliphatic carbocycles. The molecule has 2 aromatic carbocycles. The number of hydrogen-bond acceptors (Lipinski definition) is 6. The van der Waals surface area contributed by atoms with E-state index in [4.69, 9.17) is 9.15 Å². The van der Waals surface area contributed by atoms with Crippen molar-refractivity contribution in [3.63, 3.8) is 0 Å². The molecular formula is C27H27F3O6S. The predicted octanol–water partition coefficient (Wildman–Crippen LogP) is 6.52. The largest absolute Gasteiger partial charge is 0.507 e. The Kier molecular flexibility index (Phi) is 8.22. The average molecular weight is 537 g/mol. The Labute approximate surface area is 214 Å². The number of benzene rings is 2. The summed E-state index contributed by atoms with van der Waals surface area (Å²) < 4.78 is 61.5. The first-order chi connectivity index (χ1) is 17.3. The number of aromatic hydroxyl groups is 2. The molecule has 6 nitrogen and oxygen atoms in total. The van der Waals surface area contributed by atoms with E-state index in [0.29, 0.717) is 0 Å². The van der Waals surface area contributed by atoms with Gasteiger partial charge in [0.1, 0.15) is 22.5 Å². The van der Waals surface area contributed by atoms with Crippen LogP contribution in [0.3, 0.4) is 0 Å². The molecule has 0 bridgehead atoms. The zero-order chi connectivity index (χ0) is 27.7. The lowest BCUT2D eigenvalue weighted by molar-refractivity contribution is -0.0384. The average Bonchev–Trinajstić information content (AvgIpc) is 2.82. The van der Waals surface area contributed by atoms with Crippen LogP contribution in [0.1, 0.15) is 38.8 Å². The highest BCUT2D eigenvalue weighted by molar-refractivity contribution is 7.86. The molecule has 1 unspecified atom stereocenters. The van der Waals surface area contributed by atoms with Crippen LogP contribution in [-0.2, 0) is 23.6 Å². The molecule has 198 valence electrons. The van der Waals surface area contributed by atoms with Crippen molar-refractivity contribution in [2.75, 3.05) is 7.11 Å². The Morgan fingerprint density at radius 1 is 0.973 bits per heavy atom. The van der Waals surface area contributed by atoms with Gasteiger partial charge in [0.15, 0.2) is 16.6 Å². The second-order valence-corrected chi connectivity index (χ2v) is 10.3. The molecule has 0 saturated heterocycles. The van der Waals surface area contributed by atoms with Crippen molar-refractivity contribution in [2.45, 2.75) is 50.9 Å². The molecule has 10 heteroatoms. The van der Waals surface area contributed by atoms with Gasteiger partial charge in [0.25, 0.3) is 0 Å². The fraction of sp³-hybridized carbons (Fsp3) is 0.296. The summed E-state index contributed by atoms with van der Waals surface area (Å²) in [6.45, 7) is 7.44. The summed E-state index contributed by atoms with van der Waals surface area (Å²) in [4.78, 5) is 13.0. The highest BCUT2D eigenvalue weighted by Crippen LogP contribution is 2.43. The Balaban J connectivity index is 2.36. The zero-order valence-corrected chi connectivity index (χ0v) is 21.8. The fourth-order valence-electron chi connectivity index (χ4n) is 3.73. The van der Waals surface area contributed by atoms with Crippen molar-refractivity contribution in [1.82, 2.24) is 0 Å². The van der Waals surface area contributed by atoms with E-state index < -0.39 is 32.4 Å². The summed E-state index contributed by atoms with van der Waals surface area (Å²) in [5.41, 5.74) is -3.22. The molecule has 0 saturated carbocycles. The van der Waals surface area contributed by atoms with Crippen molar-refractivity contribution < 1.29 is 36.7 Å². The standard InChI is InChI=1S/C27H27F3O6S/c1-14(2)6-12-18-21(31)19(13-7-15(3)4)25-20(22(18)32)23(33)26(35-5)24(36-25)16-8-10-17(11-9-16)37(34)27(28,29)30/h6-11,31-32H,12-13H2,1-5H3. The molecule has 0 fully saturated rings. The van der Waals surface area contributed by atoms with Gasteiger partial charge in [0, 0.05) is 21.6 Å². The number of rotatable bonds is 7. The van der Waals surface area contributed by atoms with E-state index in [-0.39, 0.29) is 57.8 Å². The Bertz CT molecular complexity index is 1470. The molecule has 3 aromatic rings. The number of alkyl halides is 3. The van der Waals surface area contributed by atoms with Gasteiger partial charge in [0.05, 0.1) is 7.11 Å². The minimum Gasteiger partial charge on any atom is -0.507 e. The fourth-order valence-corrected chi connectivity index (χ4v) is 4.38. The number of methoxy groups -OCH3 is 1. The second kappa shape index (κ2) is 10.8. The Hall–Kier alpha value is -3.53. The lowest BCUT2D eigenvalue weighted by atomic mass is 9.96. The van der Waals surface area contributed by atoms with Crippen LogP contribution in [0.2, 0.25) is 0 Å². The molecule has 0 aliphatic heterocycles. The summed E-state index contributed by atoms with van der Waals surface area (Å²) >= 11 is 0. The van der Waals surface area contributed by atoms with Crippen molar-refractivity contribution in [3.8, 4) is 28.6 Å². The second-order valence-electron chi connectivity index (χ2n) is 8.86. The normalized spacial score (nSPS) is 12.3. The number of hydrogen-bond donors (Lipinski definition) is 2. The first-order valence-corrected chi connectivity index (χ1v) is 12.4. The minimum atomic E-state index is -4.92. The van der Waals surface area contributed by atoms with Gasteiger partial charge in [-0.1, -0.05) is 23.3 Å². The van der Waals surface area contributed by atoms with Crippen molar-refractivity contribution in [2.24, 2.45) is 0 Å². The number of fused-ring (bicyclic) bond motifs is 1. The van der Waals surface area contributed by atoms with Gasteiger partial charge < -0.3 is 19.4 Å². The van der Waals surface area contributed by atoms with Gasteiger partial charge in [0.2, 0.25) is 11.2 Å². The molecule has 2 N–H and O–H groups in total. The van der Waals surface area contributed by atoms with Crippen LogP contribution in [0.5, 0.6) is 17.2 Å². The SMILES string of the molecule is COc1c(-c2ccc(S(=O)C(F)(F)F)cc2)oc2c(CC=C(C)C)c(O)c(CC=C(C)C)c(O)c2c1=O. The molecule has 3 rings (SSSR count). The van der Waals surface area contributed by atoms with Crippen molar-refractivity contribution in [3.05, 3.63) is 68.9 Å². The maximum absolute atomic E-state index is 13.5. The van der Waals surface area contributed by atoms with Gasteiger partial charge in [-0.05, 0) is 64.8 Å². The van der Waals surface area contributed by atoms with Crippen LogP contribution < -0.4 is 10.2 Å². The summed E-state index contributed by atoms with van der Waals surface area (Å²) in [5, 5.41) is 21.9. The number of allylic oxidation sites excluding steroid dienone is 4. The molecule has 1 heterocycles. The molecule has 0 amide bonds. The number of phenolic OH excluding ortho intramolecular Hbond substituents is 2. The third-order valence-electron chi connectivity index (χ3n) is 5.61. The lowest BCUT2D eigenvalue weighted by Gasteiger charge is -2.16. The quantitative estimate of drug-likeness (QED) is 0.334. The molecular weight excluding hydrogens is 509 g/mol. The summed E-state index contributed by atoms with van der Waals surface area (Å²) in [5.74, 6) is -1.06. The van der Waals surface area contributed by atoms with Gasteiger partial charge in [-0.25, -0.2) is 4.21 Å². The van der Waals surface area contributed by atoms with E-state index in [2.05, 4.69) is 0 Å². The maximum atomic E-state index is 13.5. The van der Waals surface area contributed by atoms with Gasteiger partial charge in [-0.3, -0.25) is 4.79 Å². The predicted molar refractivity (Wildman–Crippen MR) is 137 cm³/mol. The lowest BCUT2D eigenvalue weighted by Crippen LogP contribution is -2.16. The summed E-state index contributed by atoms with van der Waals surface area (Å²) in [6.07, 6.45) is 3.97. The van der Waals surface area contributed by atoms with E-state index in [0.717, 1.165) is 23.3 Å². The first kappa shape index (κ1) is 28.0. The zero-order valence-electron chi connectivity index (χ0n) is 20.9. The van der Waals surface area contributed by atoms with Crippen LogP contribution in [-0.4, -0.2) is 27.0 Å². The molecule has 37 heavy (non-hydrogen) atoms. The number of ether oxygens (including phenoxy) is 1. The van der Waals surface area contributed by atoms with Crippen LogP contribution in [0.4, 0.5) is 13.2 Å². The van der Waals surface area contributed by atoms with Crippen LogP contribution in [0.15, 0.2) is 61.7 Å². The Morgan fingerprint density at radius 2 is 1.51 bits per heavy atom. The molecule has 0 spiro atoms. The van der Waals surface area contributed by atoms with Gasteiger partial charge in [-0.2, -0.15) is 13.2 Å². The minimum absolute atomic E-state index is 0.0720. The highest BCUT2D eigenvalue weighted by Gasteiger charge is 2.38. The molecule has 1 aromatic heterocycles.